The molecule has 0 amide bonds. The highest BCUT2D eigenvalue weighted by Gasteiger charge is 2.07. The first-order valence-corrected chi connectivity index (χ1v) is 6.72. The van der Waals surface area contributed by atoms with E-state index in [1.165, 1.54) is 6.07 Å². The summed E-state index contributed by atoms with van der Waals surface area (Å²) in [5.74, 6) is 0.0807. The molecule has 0 fully saturated rings. The number of aromatic nitrogens is 2. The second kappa shape index (κ2) is 7.32. The third-order valence-electron chi connectivity index (χ3n) is 2.40. The lowest BCUT2D eigenvalue weighted by Gasteiger charge is -2.02. The lowest BCUT2D eigenvalue weighted by molar-refractivity contribution is 0.198. The van der Waals surface area contributed by atoms with Gasteiger partial charge < -0.3 is 19.8 Å². The van der Waals surface area contributed by atoms with Crippen molar-refractivity contribution in [3.05, 3.63) is 34.4 Å². The Morgan fingerprint density at radius 1 is 1.40 bits per heavy atom. The molecule has 2 rings (SSSR count). The van der Waals surface area contributed by atoms with Crippen molar-refractivity contribution in [3.63, 3.8) is 0 Å². The number of nitrogens with one attached hydrogen (secondary N) is 2. The molecule has 2 aromatic rings. The number of anilines is 2. The summed E-state index contributed by atoms with van der Waals surface area (Å²) in [4.78, 5) is 0. The molecule has 0 aliphatic rings. The number of halogens is 2. The van der Waals surface area contributed by atoms with Crippen LogP contribution in [0.3, 0.4) is 0 Å². The zero-order valence-corrected chi connectivity index (χ0v) is 12.4. The van der Waals surface area contributed by atoms with E-state index in [-0.39, 0.29) is 11.8 Å². The predicted octanol–water partition coefficient (Wildman–Crippen LogP) is 2.45. The third kappa shape index (κ3) is 4.26. The van der Waals surface area contributed by atoms with Crippen LogP contribution in [0.4, 0.5) is 16.1 Å². The van der Waals surface area contributed by atoms with Gasteiger partial charge in [-0.3, -0.25) is 0 Å². The lowest BCUT2D eigenvalue weighted by Crippen LogP contribution is -2.18. The Morgan fingerprint density at radius 2 is 2.25 bits per heavy atom. The Morgan fingerprint density at radius 3 is 3.00 bits per heavy atom. The van der Waals surface area contributed by atoms with E-state index in [2.05, 4.69) is 36.8 Å². The molecule has 0 radical (unpaired) electrons. The number of rotatable bonds is 7. The van der Waals surface area contributed by atoms with Crippen LogP contribution in [0.2, 0.25) is 0 Å². The molecule has 0 aliphatic carbocycles. The zero-order valence-electron chi connectivity index (χ0n) is 10.8. The molecule has 0 atom stereocenters. The highest BCUT2D eigenvalue weighted by molar-refractivity contribution is 9.10. The van der Waals surface area contributed by atoms with Crippen LogP contribution >= 0.6 is 15.9 Å². The average molecular weight is 345 g/mol. The molecule has 20 heavy (non-hydrogen) atoms. The van der Waals surface area contributed by atoms with Gasteiger partial charge in [0, 0.05) is 19.3 Å². The van der Waals surface area contributed by atoms with Crippen LogP contribution < -0.4 is 10.6 Å². The molecular weight excluding hydrogens is 331 g/mol. The van der Waals surface area contributed by atoms with Crippen LogP contribution in [0, 0.1) is 5.82 Å². The summed E-state index contributed by atoms with van der Waals surface area (Å²) in [5.41, 5.74) is 0.535. The topological polar surface area (TPSA) is 72.2 Å². The molecule has 1 heterocycles. The SMILES string of the molecule is COCCNCc1nnc(Nc2ccc(Br)c(F)c2)o1. The van der Waals surface area contributed by atoms with Crippen LogP contribution in [0.5, 0.6) is 0 Å². The number of nitrogens with zero attached hydrogens (tertiary/aromatic N) is 2. The minimum absolute atomic E-state index is 0.218. The normalized spacial score (nSPS) is 10.8. The summed E-state index contributed by atoms with van der Waals surface area (Å²) in [6.07, 6.45) is 0. The molecule has 8 heteroatoms. The van der Waals surface area contributed by atoms with E-state index in [1.54, 1.807) is 19.2 Å². The third-order valence-corrected chi connectivity index (χ3v) is 3.04. The largest absolute Gasteiger partial charge is 0.406 e. The van der Waals surface area contributed by atoms with Crippen LogP contribution in [0.1, 0.15) is 5.89 Å². The number of methoxy groups -OCH3 is 1. The van der Waals surface area contributed by atoms with E-state index in [4.69, 9.17) is 9.15 Å². The first-order valence-electron chi connectivity index (χ1n) is 5.93. The van der Waals surface area contributed by atoms with E-state index >= 15 is 0 Å². The van der Waals surface area contributed by atoms with Gasteiger partial charge >= 0.3 is 6.01 Å². The monoisotopic (exact) mass is 344 g/mol. The van der Waals surface area contributed by atoms with Gasteiger partial charge in [-0.25, -0.2) is 4.39 Å². The van der Waals surface area contributed by atoms with Crippen molar-refractivity contribution in [1.82, 2.24) is 15.5 Å². The van der Waals surface area contributed by atoms with E-state index in [9.17, 15) is 4.39 Å². The van der Waals surface area contributed by atoms with Crippen LogP contribution in [0.15, 0.2) is 27.1 Å². The summed E-state index contributed by atoms with van der Waals surface area (Å²) < 4.78 is 24.0. The summed E-state index contributed by atoms with van der Waals surface area (Å²) in [6.45, 7) is 1.75. The number of hydrogen-bond donors (Lipinski definition) is 2. The summed E-state index contributed by atoms with van der Waals surface area (Å²) >= 11 is 3.09. The van der Waals surface area contributed by atoms with E-state index in [0.29, 0.717) is 35.7 Å². The molecular formula is C12H14BrFN4O2. The van der Waals surface area contributed by atoms with Gasteiger partial charge in [-0.15, -0.1) is 5.10 Å². The Kier molecular flexibility index (Phi) is 5.45. The lowest BCUT2D eigenvalue weighted by atomic mass is 10.3. The molecule has 0 spiro atoms. The van der Waals surface area contributed by atoms with Crippen molar-refractivity contribution in [3.8, 4) is 0 Å². The maximum Gasteiger partial charge on any atom is 0.320 e. The Labute approximate surface area is 123 Å². The summed E-state index contributed by atoms with van der Waals surface area (Å²) in [6, 6.07) is 4.86. The van der Waals surface area contributed by atoms with Gasteiger partial charge in [0.15, 0.2) is 0 Å². The first-order chi connectivity index (χ1) is 9.69. The smallest absolute Gasteiger partial charge is 0.320 e. The van der Waals surface area contributed by atoms with Gasteiger partial charge in [0.25, 0.3) is 0 Å². The van der Waals surface area contributed by atoms with Crippen LogP contribution in [0.25, 0.3) is 0 Å². The maximum atomic E-state index is 13.4. The molecule has 0 aliphatic heterocycles. The number of benzene rings is 1. The van der Waals surface area contributed by atoms with Crippen molar-refractivity contribution >= 4 is 27.6 Å². The molecule has 0 unspecified atom stereocenters. The van der Waals surface area contributed by atoms with Gasteiger partial charge in [0.1, 0.15) is 5.82 Å². The molecule has 0 saturated carbocycles. The fourth-order valence-corrected chi connectivity index (χ4v) is 1.69. The average Bonchev–Trinajstić information content (AvgIpc) is 2.87. The molecule has 108 valence electrons. The van der Waals surface area contributed by atoms with Crippen molar-refractivity contribution in [2.45, 2.75) is 6.54 Å². The van der Waals surface area contributed by atoms with Gasteiger partial charge in [-0.1, -0.05) is 5.10 Å². The Balaban J connectivity index is 1.90. The van der Waals surface area contributed by atoms with Crippen molar-refractivity contribution in [1.29, 1.82) is 0 Å². The standard InChI is InChI=1S/C12H14BrFN4O2/c1-19-5-4-15-7-11-17-18-12(20-11)16-8-2-3-9(13)10(14)6-8/h2-3,6,15H,4-5,7H2,1H3,(H,16,18). The molecule has 0 bridgehead atoms. The van der Waals surface area contributed by atoms with E-state index in [1.807, 2.05) is 0 Å². The van der Waals surface area contributed by atoms with Crippen LogP contribution in [-0.4, -0.2) is 30.5 Å². The maximum absolute atomic E-state index is 13.4. The highest BCUT2D eigenvalue weighted by Crippen LogP contribution is 2.21. The first kappa shape index (κ1) is 14.9. The van der Waals surface area contributed by atoms with Gasteiger partial charge in [-0.2, -0.15) is 0 Å². The van der Waals surface area contributed by atoms with E-state index in [0.717, 1.165) is 0 Å². The minimum atomic E-state index is -0.365. The summed E-state index contributed by atoms with van der Waals surface area (Å²) in [7, 11) is 1.63. The molecule has 6 nitrogen and oxygen atoms in total. The van der Waals surface area contributed by atoms with Crippen molar-refractivity contribution in [2.75, 3.05) is 25.6 Å². The molecule has 1 aromatic carbocycles. The zero-order chi connectivity index (χ0) is 14.4. The Bertz CT molecular complexity index is 564. The quantitative estimate of drug-likeness (QED) is 0.751. The molecule has 1 aromatic heterocycles. The van der Waals surface area contributed by atoms with Crippen molar-refractivity contribution < 1.29 is 13.5 Å². The fourth-order valence-electron chi connectivity index (χ4n) is 1.44. The summed E-state index contributed by atoms with van der Waals surface area (Å²) in [5, 5.41) is 13.6. The van der Waals surface area contributed by atoms with Crippen molar-refractivity contribution in [2.24, 2.45) is 0 Å². The number of hydrogen-bond acceptors (Lipinski definition) is 6. The fraction of sp³-hybridized carbons (Fsp3) is 0.333. The Hall–Kier alpha value is -1.51. The van der Waals surface area contributed by atoms with Gasteiger partial charge in [-0.05, 0) is 34.1 Å². The predicted molar refractivity (Wildman–Crippen MR) is 75.3 cm³/mol. The van der Waals surface area contributed by atoms with Crippen LogP contribution in [-0.2, 0) is 11.3 Å². The minimum Gasteiger partial charge on any atom is -0.406 e. The second-order valence-corrected chi connectivity index (χ2v) is 4.78. The molecule has 2 N–H and O–H groups in total. The number of ether oxygens (including phenoxy) is 1. The highest BCUT2D eigenvalue weighted by atomic mass is 79.9. The van der Waals surface area contributed by atoms with Gasteiger partial charge in [0.05, 0.1) is 17.6 Å². The molecule has 0 saturated heterocycles. The van der Waals surface area contributed by atoms with E-state index < -0.39 is 0 Å². The van der Waals surface area contributed by atoms with Gasteiger partial charge in [0.2, 0.25) is 5.89 Å². The second-order valence-electron chi connectivity index (χ2n) is 3.92.